The van der Waals surface area contributed by atoms with Gasteiger partial charge in [-0.25, -0.2) is 0 Å². The van der Waals surface area contributed by atoms with E-state index in [1.54, 1.807) is 60.8 Å². The molecular formula is C25H23N3O4. The van der Waals surface area contributed by atoms with E-state index < -0.39 is 0 Å². The standard InChI is InChI=1S/C25H23N3O4/c1-3-32-22-7-8-23-18(14-22)13-19(24(29)27-23)16-28(20-5-4-6-21(15-20)31-2)25(30)17-9-11-26-12-10-17/h4-15H,3,16H2,1-2H3,(H,27,29). The molecule has 162 valence electrons. The van der Waals surface area contributed by atoms with Crippen LogP contribution >= 0.6 is 0 Å². The predicted octanol–water partition coefficient (Wildman–Crippen LogP) is 4.18. The molecule has 0 saturated heterocycles. The summed E-state index contributed by atoms with van der Waals surface area (Å²) in [5, 5.41) is 0.826. The van der Waals surface area contributed by atoms with Crippen molar-refractivity contribution in [3.63, 3.8) is 0 Å². The Labute approximate surface area is 185 Å². The molecule has 7 heteroatoms. The van der Waals surface area contributed by atoms with Crippen LogP contribution in [0.15, 0.2) is 77.9 Å². The quantitative estimate of drug-likeness (QED) is 0.476. The molecule has 2 aromatic carbocycles. The number of fused-ring (bicyclic) bond motifs is 1. The molecule has 1 N–H and O–H groups in total. The van der Waals surface area contributed by atoms with E-state index in [2.05, 4.69) is 9.97 Å². The van der Waals surface area contributed by atoms with Gasteiger partial charge in [-0.15, -0.1) is 0 Å². The molecule has 0 aliphatic heterocycles. The number of ether oxygens (including phenoxy) is 2. The average Bonchev–Trinajstić information content (AvgIpc) is 2.83. The number of methoxy groups -OCH3 is 1. The molecule has 0 spiro atoms. The zero-order chi connectivity index (χ0) is 22.5. The van der Waals surface area contributed by atoms with E-state index in [-0.39, 0.29) is 18.0 Å². The van der Waals surface area contributed by atoms with Gasteiger partial charge >= 0.3 is 0 Å². The van der Waals surface area contributed by atoms with E-state index in [1.165, 1.54) is 0 Å². The van der Waals surface area contributed by atoms with Gasteiger partial charge in [-0.2, -0.15) is 0 Å². The van der Waals surface area contributed by atoms with Crippen LogP contribution in [0, 0.1) is 0 Å². The largest absolute Gasteiger partial charge is 0.497 e. The molecule has 4 aromatic rings. The monoisotopic (exact) mass is 429 g/mol. The highest BCUT2D eigenvalue weighted by Gasteiger charge is 2.20. The van der Waals surface area contributed by atoms with Gasteiger partial charge in [0.15, 0.2) is 0 Å². The van der Waals surface area contributed by atoms with Crippen LogP contribution in [0.5, 0.6) is 11.5 Å². The van der Waals surface area contributed by atoms with Gasteiger partial charge in [0.05, 0.1) is 20.3 Å². The van der Waals surface area contributed by atoms with E-state index in [0.29, 0.717) is 34.7 Å². The third-order valence-electron chi connectivity index (χ3n) is 5.07. The summed E-state index contributed by atoms with van der Waals surface area (Å²) in [6, 6.07) is 17.8. The Morgan fingerprint density at radius 3 is 2.59 bits per heavy atom. The summed E-state index contributed by atoms with van der Waals surface area (Å²) in [6.45, 7) is 2.55. The van der Waals surface area contributed by atoms with Crippen LogP contribution in [-0.2, 0) is 6.54 Å². The Morgan fingerprint density at radius 2 is 1.84 bits per heavy atom. The van der Waals surface area contributed by atoms with Gasteiger partial charge in [-0.3, -0.25) is 14.6 Å². The summed E-state index contributed by atoms with van der Waals surface area (Å²) in [5.74, 6) is 1.09. The summed E-state index contributed by atoms with van der Waals surface area (Å²) >= 11 is 0. The number of pyridine rings is 2. The van der Waals surface area contributed by atoms with Gasteiger partial charge in [0.1, 0.15) is 11.5 Å². The molecule has 1 amide bonds. The number of aromatic nitrogens is 2. The summed E-state index contributed by atoms with van der Waals surface area (Å²) < 4.78 is 10.9. The second-order valence-corrected chi connectivity index (χ2v) is 7.13. The molecule has 32 heavy (non-hydrogen) atoms. The van der Waals surface area contributed by atoms with E-state index in [0.717, 1.165) is 11.1 Å². The summed E-state index contributed by atoms with van der Waals surface area (Å²) in [4.78, 5) is 34.7. The van der Waals surface area contributed by atoms with Crippen molar-refractivity contribution in [2.45, 2.75) is 13.5 Å². The number of nitrogens with zero attached hydrogens (tertiary/aromatic N) is 2. The van der Waals surface area contributed by atoms with Crippen molar-refractivity contribution < 1.29 is 14.3 Å². The Hall–Kier alpha value is -4.13. The van der Waals surface area contributed by atoms with Crippen LogP contribution in [-0.4, -0.2) is 29.6 Å². The third kappa shape index (κ3) is 4.46. The molecule has 0 bridgehead atoms. The van der Waals surface area contributed by atoms with Crippen LogP contribution in [0.4, 0.5) is 5.69 Å². The molecule has 0 atom stereocenters. The lowest BCUT2D eigenvalue weighted by molar-refractivity contribution is 0.0985. The first-order valence-corrected chi connectivity index (χ1v) is 10.2. The normalized spacial score (nSPS) is 10.7. The molecule has 2 heterocycles. The lowest BCUT2D eigenvalue weighted by Gasteiger charge is -2.23. The lowest BCUT2D eigenvalue weighted by atomic mass is 10.1. The molecule has 0 saturated carbocycles. The van der Waals surface area contributed by atoms with Gasteiger partial charge in [0.25, 0.3) is 11.5 Å². The third-order valence-corrected chi connectivity index (χ3v) is 5.07. The van der Waals surface area contributed by atoms with Gasteiger partial charge in [0.2, 0.25) is 0 Å². The number of hydrogen-bond donors (Lipinski definition) is 1. The SMILES string of the molecule is CCOc1ccc2[nH]c(=O)c(CN(C(=O)c3ccncc3)c3cccc(OC)c3)cc2c1. The van der Waals surface area contributed by atoms with Crippen LogP contribution in [0.25, 0.3) is 10.9 Å². The maximum atomic E-state index is 13.4. The zero-order valence-corrected chi connectivity index (χ0v) is 17.9. The molecule has 0 unspecified atom stereocenters. The van der Waals surface area contributed by atoms with Gasteiger partial charge < -0.3 is 19.4 Å². The minimum Gasteiger partial charge on any atom is -0.497 e. The summed E-state index contributed by atoms with van der Waals surface area (Å²) in [5.41, 5.74) is 2.00. The second kappa shape index (κ2) is 9.34. The number of amides is 1. The fourth-order valence-corrected chi connectivity index (χ4v) is 3.48. The molecule has 0 aliphatic carbocycles. The van der Waals surface area contributed by atoms with Crippen LogP contribution in [0.1, 0.15) is 22.8 Å². The van der Waals surface area contributed by atoms with Crippen molar-refractivity contribution >= 4 is 22.5 Å². The number of nitrogens with one attached hydrogen (secondary N) is 1. The number of rotatable bonds is 7. The molecule has 0 aliphatic rings. The van der Waals surface area contributed by atoms with Gasteiger partial charge in [0, 0.05) is 46.2 Å². The Balaban J connectivity index is 1.77. The highest BCUT2D eigenvalue weighted by atomic mass is 16.5. The minimum atomic E-state index is -0.253. The van der Waals surface area contributed by atoms with E-state index in [4.69, 9.17) is 9.47 Å². The Bertz CT molecular complexity index is 1300. The fraction of sp³-hybridized carbons (Fsp3) is 0.160. The number of hydrogen-bond acceptors (Lipinski definition) is 5. The number of carbonyl (C=O) groups is 1. The fourth-order valence-electron chi connectivity index (χ4n) is 3.48. The smallest absolute Gasteiger partial charge is 0.258 e. The lowest BCUT2D eigenvalue weighted by Crippen LogP contribution is -2.33. The number of aromatic amines is 1. The van der Waals surface area contributed by atoms with Crippen molar-refractivity contribution in [1.82, 2.24) is 9.97 Å². The van der Waals surface area contributed by atoms with Gasteiger partial charge in [-0.05, 0) is 55.5 Å². The van der Waals surface area contributed by atoms with E-state index >= 15 is 0 Å². The zero-order valence-electron chi connectivity index (χ0n) is 17.9. The Morgan fingerprint density at radius 1 is 1.03 bits per heavy atom. The predicted molar refractivity (Wildman–Crippen MR) is 123 cm³/mol. The van der Waals surface area contributed by atoms with Crippen molar-refractivity contribution in [3.8, 4) is 11.5 Å². The summed E-state index contributed by atoms with van der Waals surface area (Å²) in [7, 11) is 1.57. The Kier molecular flexibility index (Phi) is 6.17. The van der Waals surface area contributed by atoms with Crippen LogP contribution < -0.4 is 19.9 Å². The first-order chi connectivity index (χ1) is 15.6. The van der Waals surface area contributed by atoms with Crippen LogP contribution in [0.2, 0.25) is 0 Å². The van der Waals surface area contributed by atoms with Crippen molar-refractivity contribution in [2.24, 2.45) is 0 Å². The van der Waals surface area contributed by atoms with Crippen molar-refractivity contribution in [1.29, 1.82) is 0 Å². The molecule has 7 nitrogen and oxygen atoms in total. The number of benzene rings is 2. The van der Waals surface area contributed by atoms with E-state index in [9.17, 15) is 9.59 Å². The number of carbonyl (C=O) groups excluding carboxylic acids is 1. The molecule has 0 fully saturated rings. The topological polar surface area (TPSA) is 84.5 Å². The van der Waals surface area contributed by atoms with Gasteiger partial charge in [-0.1, -0.05) is 6.07 Å². The first-order valence-electron chi connectivity index (χ1n) is 10.2. The number of anilines is 1. The highest BCUT2D eigenvalue weighted by Crippen LogP contribution is 2.25. The van der Waals surface area contributed by atoms with Crippen LogP contribution in [0.3, 0.4) is 0 Å². The molecule has 4 rings (SSSR count). The van der Waals surface area contributed by atoms with Crippen molar-refractivity contribution in [3.05, 3.63) is 94.5 Å². The van der Waals surface area contributed by atoms with E-state index in [1.807, 2.05) is 31.2 Å². The average molecular weight is 429 g/mol. The second-order valence-electron chi connectivity index (χ2n) is 7.13. The maximum absolute atomic E-state index is 13.4. The molecule has 2 aromatic heterocycles. The van der Waals surface area contributed by atoms with Crippen molar-refractivity contribution in [2.75, 3.05) is 18.6 Å². The minimum absolute atomic E-state index is 0.0818. The highest BCUT2D eigenvalue weighted by molar-refractivity contribution is 6.06. The molecule has 0 radical (unpaired) electrons. The summed E-state index contributed by atoms with van der Waals surface area (Å²) in [6.07, 6.45) is 3.13. The maximum Gasteiger partial charge on any atom is 0.258 e. The first kappa shape index (κ1) is 21.1. The molecular weight excluding hydrogens is 406 g/mol. The number of H-pyrrole nitrogens is 1.